The highest BCUT2D eigenvalue weighted by atomic mass is 16.6. The van der Waals surface area contributed by atoms with Gasteiger partial charge >= 0.3 is 6.09 Å². The standard InChI is InChI=1S/C24H37N5O5/c1-17(2)34-24(31)29-12-3-6-19(27-22(30)21-7-4-15-32-21)20(29)16-33-18-8-13-28(14-9-18)23-25-10-5-11-26-23/h5,10-11,17-21H,3-4,6-9,12-16H2,1-2H3,(H,27,30)/t19?,20?,21-/m0/s1. The fraction of sp³-hybridized carbons (Fsp3) is 0.750. The summed E-state index contributed by atoms with van der Waals surface area (Å²) in [7, 11) is 0. The third kappa shape index (κ3) is 6.35. The fourth-order valence-corrected chi connectivity index (χ4v) is 4.90. The lowest BCUT2D eigenvalue weighted by atomic mass is 9.96. The Bertz CT molecular complexity index is 796. The maximum Gasteiger partial charge on any atom is 0.410 e. The van der Waals surface area contributed by atoms with Crippen LogP contribution in [0, 0.1) is 0 Å². The highest BCUT2D eigenvalue weighted by Crippen LogP contribution is 2.24. The normalized spacial score (nSPS) is 26.0. The molecule has 1 aromatic rings. The molecule has 0 aromatic carbocycles. The zero-order valence-corrected chi connectivity index (χ0v) is 20.2. The van der Waals surface area contributed by atoms with E-state index < -0.39 is 6.10 Å². The van der Waals surface area contributed by atoms with Crippen molar-refractivity contribution in [3.63, 3.8) is 0 Å². The van der Waals surface area contributed by atoms with Crippen molar-refractivity contribution in [1.82, 2.24) is 20.2 Å². The van der Waals surface area contributed by atoms with E-state index in [0.717, 1.165) is 57.6 Å². The van der Waals surface area contributed by atoms with Crippen molar-refractivity contribution < 1.29 is 23.8 Å². The van der Waals surface area contributed by atoms with Crippen LogP contribution >= 0.6 is 0 Å². The lowest BCUT2D eigenvalue weighted by Crippen LogP contribution is -2.60. The summed E-state index contributed by atoms with van der Waals surface area (Å²) >= 11 is 0. The summed E-state index contributed by atoms with van der Waals surface area (Å²) in [5.74, 6) is 0.649. The Hall–Kier alpha value is -2.46. The molecule has 0 spiro atoms. The molecule has 4 heterocycles. The minimum atomic E-state index is -0.399. The highest BCUT2D eigenvalue weighted by molar-refractivity contribution is 5.81. The minimum Gasteiger partial charge on any atom is -0.447 e. The third-order valence-corrected chi connectivity index (χ3v) is 6.68. The smallest absolute Gasteiger partial charge is 0.410 e. The Kier molecular flexibility index (Phi) is 8.55. The maximum absolute atomic E-state index is 12.8. The van der Waals surface area contributed by atoms with Gasteiger partial charge in [-0.15, -0.1) is 0 Å². The largest absolute Gasteiger partial charge is 0.447 e. The number of rotatable bonds is 7. The number of hydrogen-bond acceptors (Lipinski definition) is 8. The number of anilines is 1. The molecule has 0 saturated carbocycles. The highest BCUT2D eigenvalue weighted by Gasteiger charge is 2.38. The number of carbonyl (C=O) groups excluding carboxylic acids is 2. The average Bonchev–Trinajstić information content (AvgIpc) is 3.39. The molecule has 1 aromatic heterocycles. The van der Waals surface area contributed by atoms with E-state index in [9.17, 15) is 9.59 Å². The van der Waals surface area contributed by atoms with Crippen molar-refractivity contribution in [3.05, 3.63) is 18.5 Å². The van der Waals surface area contributed by atoms with E-state index in [1.165, 1.54) is 0 Å². The predicted octanol–water partition coefficient (Wildman–Crippen LogP) is 2.14. The van der Waals surface area contributed by atoms with Crippen molar-refractivity contribution in [2.75, 3.05) is 37.7 Å². The SMILES string of the molecule is CC(C)OC(=O)N1CCCC(NC(=O)[C@@H]2CCCO2)C1COC1CCN(c2ncccn2)CC1. The van der Waals surface area contributed by atoms with E-state index in [4.69, 9.17) is 14.2 Å². The summed E-state index contributed by atoms with van der Waals surface area (Å²) in [6.07, 6.45) is 7.57. The molecule has 0 radical (unpaired) electrons. The topological polar surface area (TPSA) is 106 Å². The van der Waals surface area contributed by atoms with E-state index in [1.54, 1.807) is 17.3 Å². The number of piperidine rings is 2. The van der Waals surface area contributed by atoms with Gasteiger partial charge in [-0.1, -0.05) is 0 Å². The van der Waals surface area contributed by atoms with Crippen LogP contribution in [0.1, 0.15) is 52.4 Å². The van der Waals surface area contributed by atoms with Crippen LogP contribution in [0.2, 0.25) is 0 Å². The molecule has 3 fully saturated rings. The number of hydrogen-bond donors (Lipinski definition) is 1. The summed E-state index contributed by atoms with van der Waals surface area (Å²) in [5.41, 5.74) is 0. The fourth-order valence-electron chi connectivity index (χ4n) is 4.90. The Morgan fingerprint density at radius 3 is 2.56 bits per heavy atom. The van der Waals surface area contributed by atoms with Crippen LogP contribution in [-0.2, 0) is 19.0 Å². The molecule has 0 bridgehead atoms. The molecule has 3 saturated heterocycles. The summed E-state index contributed by atoms with van der Waals surface area (Å²) in [4.78, 5) is 38.2. The van der Waals surface area contributed by atoms with Gasteiger partial charge in [-0.3, -0.25) is 4.79 Å². The number of likely N-dealkylation sites (tertiary alicyclic amines) is 1. The van der Waals surface area contributed by atoms with E-state index in [1.807, 2.05) is 19.9 Å². The van der Waals surface area contributed by atoms with Gasteiger partial charge in [-0.25, -0.2) is 14.8 Å². The third-order valence-electron chi connectivity index (χ3n) is 6.68. The molecule has 10 nitrogen and oxygen atoms in total. The van der Waals surface area contributed by atoms with E-state index in [-0.39, 0.29) is 36.3 Å². The first-order valence-corrected chi connectivity index (χ1v) is 12.5. The molecule has 3 aliphatic rings. The monoisotopic (exact) mass is 475 g/mol. The van der Waals surface area contributed by atoms with Crippen LogP contribution in [-0.4, -0.2) is 90.1 Å². The molecule has 34 heavy (non-hydrogen) atoms. The molecule has 2 amide bonds. The molecule has 10 heteroatoms. The maximum atomic E-state index is 12.8. The second kappa shape index (κ2) is 11.8. The molecule has 3 aliphatic heterocycles. The molecule has 0 aliphatic carbocycles. The first-order chi connectivity index (χ1) is 16.5. The molecular weight excluding hydrogens is 438 g/mol. The molecular formula is C24H37N5O5. The van der Waals surface area contributed by atoms with Gasteiger partial charge in [0.2, 0.25) is 11.9 Å². The van der Waals surface area contributed by atoms with E-state index in [0.29, 0.717) is 19.8 Å². The van der Waals surface area contributed by atoms with Gasteiger partial charge in [0.25, 0.3) is 0 Å². The van der Waals surface area contributed by atoms with Crippen molar-refractivity contribution in [1.29, 1.82) is 0 Å². The Morgan fingerprint density at radius 2 is 1.88 bits per heavy atom. The van der Waals surface area contributed by atoms with Crippen molar-refractivity contribution in [3.8, 4) is 0 Å². The lowest BCUT2D eigenvalue weighted by molar-refractivity contribution is -0.132. The van der Waals surface area contributed by atoms with Crippen molar-refractivity contribution in [2.45, 2.75) is 82.8 Å². The second-order valence-corrected chi connectivity index (χ2v) is 9.52. The summed E-state index contributed by atoms with van der Waals surface area (Å²) in [6.45, 7) is 6.89. The first-order valence-electron chi connectivity index (χ1n) is 12.5. The van der Waals surface area contributed by atoms with Crippen LogP contribution in [0.15, 0.2) is 18.5 Å². The van der Waals surface area contributed by atoms with Crippen molar-refractivity contribution in [2.24, 2.45) is 0 Å². The average molecular weight is 476 g/mol. The molecule has 188 valence electrons. The summed E-state index contributed by atoms with van der Waals surface area (Å²) in [6, 6.07) is 1.34. The van der Waals surface area contributed by atoms with Crippen LogP contribution in [0.4, 0.5) is 10.7 Å². The Balaban J connectivity index is 1.36. The van der Waals surface area contributed by atoms with Crippen molar-refractivity contribution >= 4 is 17.9 Å². The quantitative estimate of drug-likeness (QED) is 0.639. The first kappa shape index (κ1) is 24.7. The Labute approximate surface area is 201 Å². The number of nitrogens with one attached hydrogen (secondary N) is 1. The number of nitrogens with zero attached hydrogens (tertiary/aromatic N) is 4. The zero-order valence-electron chi connectivity index (χ0n) is 20.2. The van der Waals surface area contributed by atoms with Gasteiger partial charge in [-0.05, 0) is 58.4 Å². The number of ether oxygens (including phenoxy) is 3. The van der Waals surface area contributed by atoms with Gasteiger partial charge in [0, 0.05) is 38.6 Å². The predicted molar refractivity (Wildman–Crippen MR) is 125 cm³/mol. The van der Waals surface area contributed by atoms with Crippen LogP contribution < -0.4 is 10.2 Å². The van der Waals surface area contributed by atoms with Gasteiger partial charge in [0.15, 0.2) is 0 Å². The van der Waals surface area contributed by atoms with E-state index in [2.05, 4.69) is 20.2 Å². The lowest BCUT2D eigenvalue weighted by Gasteiger charge is -2.42. The second-order valence-electron chi connectivity index (χ2n) is 9.52. The summed E-state index contributed by atoms with van der Waals surface area (Å²) < 4.78 is 17.4. The van der Waals surface area contributed by atoms with Crippen LogP contribution in [0.25, 0.3) is 0 Å². The molecule has 1 N–H and O–H groups in total. The van der Waals surface area contributed by atoms with Gasteiger partial charge in [0.1, 0.15) is 6.10 Å². The minimum absolute atomic E-state index is 0.0828. The van der Waals surface area contributed by atoms with Crippen LogP contribution in [0.3, 0.4) is 0 Å². The van der Waals surface area contributed by atoms with Gasteiger partial charge < -0.3 is 29.3 Å². The van der Waals surface area contributed by atoms with E-state index >= 15 is 0 Å². The number of carbonyl (C=O) groups is 2. The zero-order chi connectivity index (χ0) is 23.9. The van der Waals surface area contributed by atoms with Crippen LogP contribution in [0.5, 0.6) is 0 Å². The Morgan fingerprint density at radius 1 is 1.12 bits per heavy atom. The molecule has 4 rings (SSSR count). The van der Waals surface area contributed by atoms with Gasteiger partial charge in [-0.2, -0.15) is 0 Å². The summed E-state index contributed by atoms with van der Waals surface area (Å²) in [5, 5.41) is 3.15. The molecule has 2 unspecified atom stereocenters. The van der Waals surface area contributed by atoms with Gasteiger partial charge in [0.05, 0.1) is 30.9 Å². The number of amides is 2. The number of aromatic nitrogens is 2. The molecule has 3 atom stereocenters.